The van der Waals surface area contributed by atoms with E-state index < -0.39 is 0 Å². The third-order valence-electron chi connectivity index (χ3n) is 3.32. The molecular weight excluding hydrogens is 212 g/mol. The van der Waals surface area contributed by atoms with Crippen molar-refractivity contribution >= 4 is 0 Å². The molecule has 0 amide bonds. The zero-order valence-corrected chi connectivity index (χ0v) is 11.5. The SMILES string of the molecule is COc1ccc(C(C)C)cc1C(CO)C(C)C. The molecule has 2 nitrogen and oxygen atoms in total. The quantitative estimate of drug-likeness (QED) is 0.847. The third-order valence-corrected chi connectivity index (χ3v) is 3.32. The van der Waals surface area contributed by atoms with Gasteiger partial charge in [-0.1, -0.05) is 39.8 Å². The molecule has 0 radical (unpaired) electrons. The molecule has 0 fully saturated rings. The molecule has 0 saturated carbocycles. The van der Waals surface area contributed by atoms with Crippen LogP contribution in [-0.2, 0) is 0 Å². The number of methoxy groups -OCH3 is 1. The molecule has 96 valence electrons. The molecule has 0 heterocycles. The number of hydrogen-bond acceptors (Lipinski definition) is 2. The molecule has 1 N–H and O–H groups in total. The van der Waals surface area contributed by atoms with Gasteiger partial charge in [0.25, 0.3) is 0 Å². The summed E-state index contributed by atoms with van der Waals surface area (Å²) < 4.78 is 5.40. The van der Waals surface area contributed by atoms with Gasteiger partial charge in [-0.25, -0.2) is 0 Å². The number of aliphatic hydroxyl groups excluding tert-OH is 1. The Morgan fingerprint density at radius 3 is 2.24 bits per heavy atom. The van der Waals surface area contributed by atoms with Crippen LogP contribution in [0.4, 0.5) is 0 Å². The van der Waals surface area contributed by atoms with E-state index in [-0.39, 0.29) is 12.5 Å². The molecule has 1 unspecified atom stereocenters. The summed E-state index contributed by atoms with van der Waals surface area (Å²) in [6.07, 6.45) is 0. The van der Waals surface area contributed by atoms with Gasteiger partial charge >= 0.3 is 0 Å². The van der Waals surface area contributed by atoms with Crippen LogP contribution in [0.1, 0.15) is 50.7 Å². The van der Waals surface area contributed by atoms with Crippen LogP contribution >= 0.6 is 0 Å². The summed E-state index contributed by atoms with van der Waals surface area (Å²) in [5.74, 6) is 1.91. The van der Waals surface area contributed by atoms with Crippen LogP contribution in [0.15, 0.2) is 18.2 Å². The summed E-state index contributed by atoms with van der Waals surface area (Å²) in [6.45, 7) is 8.77. The molecule has 17 heavy (non-hydrogen) atoms. The van der Waals surface area contributed by atoms with Crippen LogP contribution in [0.3, 0.4) is 0 Å². The lowest BCUT2D eigenvalue weighted by Gasteiger charge is -2.22. The Kier molecular flexibility index (Phi) is 5.01. The van der Waals surface area contributed by atoms with Crippen molar-refractivity contribution in [1.82, 2.24) is 0 Å². The maximum Gasteiger partial charge on any atom is 0.122 e. The van der Waals surface area contributed by atoms with Crippen molar-refractivity contribution in [1.29, 1.82) is 0 Å². The highest BCUT2D eigenvalue weighted by molar-refractivity contribution is 5.41. The first kappa shape index (κ1) is 14.0. The molecule has 1 aromatic rings. The van der Waals surface area contributed by atoms with Gasteiger partial charge in [0.05, 0.1) is 13.7 Å². The number of hydrogen-bond donors (Lipinski definition) is 1. The van der Waals surface area contributed by atoms with Crippen LogP contribution in [0.5, 0.6) is 5.75 Å². The van der Waals surface area contributed by atoms with Crippen LogP contribution in [-0.4, -0.2) is 18.8 Å². The largest absolute Gasteiger partial charge is 0.496 e. The first-order valence-electron chi connectivity index (χ1n) is 6.29. The van der Waals surface area contributed by atoms with E-state index in [0.717, 1.165) is 11.3 Å². The molecule has 0 saturated heterocycles. The topological polar surface area (TPSA) is 29.5 Å². The van der Waals surface area contributed by atoms with Gasteiger partial charge in [0, 0.05) is 11.5 Å². The van der Waals surface area contributed by atoms with Gasteiger partial charge in [-0.2, -0.15) is 0 Å². The molecular formula is C15H24O2. The van der Waals surface area contributed by atoms with E-state index >= 15 is 0 Å². The highest BCUT2D eigenvalue weighted by Gasteiger charge is 2.19. The van der Waals surface area contributed by atoms with Crippen LogP contribution in [0, 0.1) is 5.92 Å². The maximum atomic E-state index is 9.54. The minimum Gasteiger partial charge on any atom is -0.496 e. The van der Waals surface area contributed by atoms with Crippen LogP contribution in [0.2, 0.25) is 0 Å². The first-order valence-corrected chi connectivity index (χ1v) is 6.29. The van der Waals surface area contributed by atoms with E-state index in [9.17, 15) is 5.11 Å². The van der Waals surface area contributed by atoms with Gasteiger partial charge in [0.15, 0.2) is 0 Å². The van der Waals surface area contributed by atoms with Crippen molar-refractivity contribution in [3.05, 3.63) is 29.3 Å². The molecule has 0 aliphatic rings. The van der Waals surface area contributed by atoms with E-state index in [1.807, 2.05) is 6.07 Å². The molecule has 1 aromatic carbocycles. The predicted octanol–water partition coefficient (Wildman–Crippen LogP) is 3.55. The van der Waals surface area contributed by atoms with Crippen LogP contribution < -0.4 is 4.74 Å². The van der Waals surface area contributed by atoms with Gasteiger partial charge in [-0.3, -0.25) is 0 Å². The lowest BCUT2D eigenvalue weighted by atomic mass is 9.86. The number of aliphatic hydroxyl groups is 1. The van der Waals surface area contributed by atoms with Crippen molar-refractivity contribution in [2.24, 2.45) is 5.92 Å². The third kappa shape index (κ3) is 3.22. The van der Waals surface area contributed by atoms with E-state index in [2.05, 4.69) is 39.8 Å². The van der Waals surface area contributed by atoms with E-state index in [0.29, 0.717) is 11.8 Å². The Hall–Kier alpha value is -1.02. The molecule has 0 spiro atoms. The van der Waals surface area contributed by atoms with Crippen molar-refractivity contribution in [2.75, 3.05) is 13.7 Å². The van der Waals surface area contributed by atoms with Gasteiger partial charge in [0.1, 0.15) is 5.75 Å². The van der Waals surface area contributed by atoms with Gasteiger partial charge in [0.2, 0.25) is 0 Å². The van der Waals surface area contributed by atoms with Crippen molar-refractivity contribution in [3.8, 4) is 5.75 Å². The molecule has 0 aliphatic carbocycles. The Bertz CT molecular complexity index is 356. The zero-order valence-electron chi connectivity index (χ0n) is 11.5. The number of benzene rings is 1. The number of rotatable bonds is 5. The smallest absolute Gasteiger partial charge is 0.122 e. The Labute approximate surface area is 105 Å². The molecule has 1 atom stereocenters. The monoisotopic (exact) mass is 236 g/mol. The summed E-state index contributed by atoms with van der Waals surface area (Å²) in [4.78, 5) is 0. The number of ether oxygens (including phenoxy) is 1. The highest BCUT2D eigenvalue weighted by Crippen LogP contribution is 2.33. The van der Waals surface area contributed by atoms with E-state index in [1.54, 1.807) is 7.11 Å². The Morgan fingerprint density at radius 2 is 1.82 bits per heavy atom. The van der Waals surface area contributed by atoms with Crippen LogP contribution in [0.25, 0.3) is 0 Å². The van der Waals surface area contributed by atoms with Gasteiger partial charge in [-0.15, -0.1) is 0 Å². The highest BCUT2D eigenvalue weighted by atomic mass is 16.5. The predicted molar refractivity (Wildman–Crippen MR) is 71.7 cm³/mol. The molecule has 0 bridgehead atoms. The van der Waals surface area contributed by atoms with Crippen molar-refractivity contribution in [2.45, 2.75) is 39.5 Å². The zero-order chi connectivity index (χ0) is 13.0. The fourth-order valence-electron chi connectivity index (χ4n) is 2.07. The molecule has 0 aliphatic heterocycles. The Morgan fingerprint density at radius 1 is 1.18 bits per heavy atom. The van der Waals surface area contributed by atoms with Gasteiger partial charge in [-0.05, 0) is 23.5 Å². The summed E-state index contributed by atoms with van der Waals surface area (Å²) in [6, 6.07) is 6.28. The van der Waals surface area contributed by atoms with Crippen molar-refractivity contribution in [3.63, 3.8) is 0 Å². The maximum absolute atomic E-state index is 9.54. The summed E-state index contributed by atoms with van der Waals surface area (Å²) in [7, 11) is 1.68. The standard InChI is InChI=1S/C15H24O2/c1-10(2)12-6-7-15(17-5)13(8-12)14(9-16)11(3)4/h6-8,10-11,14,16H,9H2,1-5H3. The molecule has 1 rings (SSSR count). The second-order valence-electron chi connectivity index (χ2n) is 5.19. The first-order chi connectivity index (χ1) is 8.01. The minimum atomic E-state index is 0.142. The van der Waals surface area contributed by atoms with Crippen molar-refractivity contribution < 1.29 is 9.84 Å². The fraction of sp³-hybridized carbons (Fsp3) is 0.600. The fourth-order valence-corrected chi connectivity index (χ4v) is 2.07. The second-order valence-corrected chi connectivity index (χ2v) is 5.19. The lowest BCUT2D eigenvalue weighted by molar-refractivity contribution is 0.234. The minimum absolute atomic E-state index is 0.142. The second kappa shape index (κ2) is 6.06. The van der Waals surface area contributed by atoms with Gasteiger partial charge < -0.3 is 9.84 Å². The summed E-state index contributed by atoms with van der Waals surface area (Å²) in [5.41, 5.74) is 2.41. The molecule has 2 heteroatoms. The average molecular weight is 236 g/mol. The summed E-state index contributed by atoms with van der Waals surface area (Å²) in [5, 5.41) is 9.54. The molecule has 0 aromatic heterocycles. The average Bonchev–Trinajstić information content (AvgIpc) is 2.29. The normalized spacial score (nSPS) is 13.2. The summed E-state index contributed by atoms with van der Waals surface area (Å²) >= 11 is 0. The van der Waals surface area contributed by atoms with E-state index in [4.69, 9.17) is 4.74 Å². The Balaban J connectivity index is 3.21. The lowest BCUT2D eigenvalue weighted by Crippen LogP contribution is -2.13. The van der Waals surface area contributed by atoms with E-state index in [1.165, 1.54) is 5.56 Å².